The van der Waals surface area contributed by atoms with E-state index in [2.05, 4.69) is 9.80 Å². The quantitative estimate of drug-likeness (QED) is 0.862. The number of carboxylic acids is 1. The maximum Gasteiger partial charge on any atom is 0.337 e. The zero-order valence-corrected chi connectivity index (χ0v) is 11.7. The standard InChI is InChI=1S/C13H19ClN2O2/c1-15(2)7-4-8-16(3)10-5-6-11(13(17)18)12(14)9-10/h5-6,9H,4,7-8H2,1-3H3,(H,17,18). The van der Waals surface area contributed by atoms with Crippen LogP contribution < -0.4 is 4.90 Å². The van der Waals surface area contributed by atoms with E-state index < -0.39 is 5.97 Å². The third-order valence-electron chi connectivity index (χ3n) is 2.72. The molecule has 1 aromatic carbocycles. The van der Waals surface area contributed by atoms with Gasteiger partial charge in [-0.25, -0.2) is 4.79 Å². The Labute approximate surface area is 113 Å². The van der Waals surface area contributed by atoms with Crippen molar-refractivity contribution in [3.8, 4) is 0 Å². The molecule has 0 heterocycles. The summed E-state index contributed by atoms with van der Waals surface area (Å²) in [5.74, 6) is -0.998. The van der Waals surface area contributed by atoms with Gasteiger partial charge in [-0.15, -0.1) is 0 Å². The molecule has 1 rings (SSSR count). The Morgan fingerprint density at radius 2 is 1.94 bits per heavy atom. The largest absolute Gasteiger partial charge is 0.478 e. The Balaban J connectivity index is 2.66. The van der Waals surface area contributed by atoms with Gasteiger partial charge in [0.1, 0.15) is 0 Å². The summed E-state index contributed by atoms with van der Waals surface area (Å²) < 4.78 is 0. The lowest BCUT2D eigenvalue weighted by atomic mass is 10.2. The van der Waals surface area contributed by atoms with E-state index in [0.717, 1.165) is 25.2 Å². The summed E-state index contributed by atoms with van der Waals surface area (Å²) in [6, 6.07) is 5.02. The minimum absolute atomic E-state index is 0.141. The Bertz CT molecular complexity index is 421. The second kappa shape index (κ2) is 6.61. The summed E-state index contributed by atoms with van der Waals surface area (Å²) in [5.41, 5.74) is 1.07. The fourth-order valence-corrected chi connectivity index (χ4v) is 1.92. The van der Waals surface area contributed by atoms with Gasteiger partial charge in [-0.3, -0.25) is 0 Å². The zero-order valence-electron chi connectivity index (χ0n) is 11.0. The number of carboxylic acid groups (broad SMARTS) is 1. The van der Waals surface area contributed by atoms with Crippen LogP contribution in [-0.2, 0) is 0 Å². The molecule has 0 saturated heterocycles. The van der Waals surface area contributed by atoms with E-state index in [1.807, 2.05) is 21.1 Å². The van der Waals surface area contributed by atoms with Gasteiger partial charge in [-0.05, 0) is 45.3 Å². The lowest BCUT2D eigenvalue weighted by Gasteiger charge is -2.21. The second-order valence-electron chi connectivity index (χ2n) is 4.55. The Morgan fingerprint density at radius 3 is 2.44 bits per heavy atom. The van der Waals surface area contributed by atoms with Crippen LogP contribution in [0.5, 0.6) is 0 Å². The molecule has 5 heteroatoms. The van der Waals surface area contributed by atoms with Gasteiger partial charge in [-0.2, -0.15) is 0 Å². The van der Waals surface area contributed by atoms with E-state index in [9.17, 15) is 4.79 Å². The van der Waals surface area contributed by atoms with Crippen LogP contribution in [0.3, 0.4) is 0 Å². The Kier molecular flexibility index (Phi) is 5.44. The topological polar surface area (TPSA) is 43.8 Å². The van der Waals surface area contributed by atoms with Gasteiger partial charge < -0.3 is 14.9 Å². The average Bonchev–Trinajstić information content (AvgIpc) is 2.27. The third-order valence-corrected chi connectivity index (χ3v) is 3.04. The number of aromatic carboxylic acids is 1. The van der Waals surface area contributed by atoms with E-state index in [4.69, 9.17) is 16.7 Å². The summed E-state index contributed by atoms with van der Waals surface area (Å²) in [4.78, 5) is 15.1. The van der Waals surface area contributed by atoms with Crippen molar-refractivity contribution >= 4 is 23.3 Å². The van der Waals surface area contributed by atoms with Crippen LogP contribution in [0.2, 0.25) is 5.02 Å². The lowest BCUT2D eigenvalue weighted by molar-refractivity contribution is 0.0697. The van der Waals surface area contributed by atoms with Crippen LogP contribution in [0.15, 0.2) is 18.2 Å². The molecule has 100 valence electrons. The number of hydrogen-bond donors (Lipinski definition) is 1. The highest BCUT2D eigenvalue weighted by Crippen LogP contribution is 2.23. The van der Waals surface area contributed by atoms with Gasteiger partial charge in [0.25, 0.3) is 0 Å². The first-order valence-corrected chi connectivity index (χ1v) is 6.18. The fraction of sp³-hybridized carbons (Fsp3) is 0.462. The highest BCUT2D eigenvalue weighted by molar-refractivity contribution is 6.33. The van der Waals surface area contributed by atoms with Crippen molar-refractivity contribution < 1.29 is 9.90 Å². The number of nitrogens with zero attached hydrogens (tertiary/aromatic N) is 2. The molecule has 1 N–H and O–H groups in total. The molecule has 0 fully saturated rings. The molecule has 0 aliphatic rings. The molecule has 18 heavy (non-hydrogen) atoms. The number of hydrogen-bond acceptors (Lipinski definition) is 3. The van der Waals surface area contributed by atoms with E-state index in [0.29, 0.717) is 0 Å². The molecule has 0 bridgehead atoms. The molecule has 0 radical (unpaired) electrons. The smallest absolute Gasteiger partial charge is 0.337 e. The van der Waals surface area contributed by atoms with E-state index >= 15 is 0 Å². The van der Waals surface area contributed by atoms with Crippen molar-refractivity contribution in [1.29, 1.82) is 0 Å². The van der Waals surface area contributed by atoms with Crippen molar-refractivity contribution in [2.45, 2.75) is 6.42 Å². The molecule has 0 unspecified atom stereocenters. The van der Waals surface area contributed by atoms with Crippen molar-refractivity contribution in [2.75, 3.05) is 39.1 Å². The third kappa shape index (κ3) is 4.20. The molecule has 0 aromatic heterocycles. The highest BCUT2D eigenvalue weighted by Gasteiger charge is 2.10. The second-order valence-corrected chi connectivity index (χ2v) is 4.95. The summed E-state index contributed by atoms with van der Waals surface area (Å²) >= 11 is 5.94. The van der Waals surface area contributed by atoms with E-state index in [1.54, 1.807) is 18.2 Å². The highest BCUT2D eigenvalue weighted by atomic mass is 35.5. The van der Waals surface area contributed by atoms with Crippen LogP contribution >= 0.6 is 11.6 Å². The molecule has 0 aliphatic carbocycles. The van der Waals surface area contributed by atoms with Crippen LogP contribution in [0.4, 0.5) is 5.69 Å². The molecule has 0 amide bonds. The van der Waals surface area contributed by atoms with Gasteiger partial charge in [-0.1, -0.05) is 11.6 Å². The molecule has 1 aromatic rings. The van der Waals surface area contributed by atoms with Gasteiger partial charge in [0.2, 0.25) is 0 Å². The van der Waals surface area contributed by atoms with Gasteiger partial charge in [0, 0.05) is 19.3 Å². The van der Waals surface area contributed by atoms with Crippen LogP contribution in [-0.4, -0.2) is 50.2 Å². The number of halogens is 1. The molecule has 4 nitrogen and oxygen atoms in total. The summed E-state index contributed by atoms with van der Waals surface area (Å²) in [7, 11) is 6.05. The van der Waals surface area contributed by atoms with Crippen LogP contribution in [0.1, 0.15) is 16.8 Å². The van der Waals surface area contributed by atoms with Gasteiger partial charge >= 0.3 is 5.97 Å². The minimum atomic E-state index is -0.998. The van der Waals surface area contributed by atoms with Crippen LogP contribution in [0.25, 0.3) is 0 Å². The van der Waals surface area contributed by atoms with Gasteiger partial charge in [0.05, 0.1) is 10.6 Å². The summed E-state index contributed by atoms with van der Waals surface area (Å²) in [5, 5.41) is 9.17. The van der Waals surface area contributed by atoms with E-state index in [-0.39, 0.29) is 10.6 Å². The molecule has 0 saturated carbocycles. The molecular weight excluding hydrogens is 252 g/mol. The number of benzene rings is 1. The van der Waals surface area contributed by atoms with Crippen molar-refractivity contribution in [3.05, 3.63) is 28.8 Å². The number of anilines is 1. The molecule has 0 aliphatic heterocycles. The average molecular weight is 271 g/mol. The van der Waals surface area contributed by atoms with E-state index in [1.165, 1.54) is 0 Å². The first-order valence-electron chi connectivity index (χ1n) is 5.80. The minimum Gasteiger partial charge on any atom is -0.478 e. The normalized spacial score (nSPS) is 10.7. The number of carbonyl (C=O) groups is 1. The first-order chi connectivity index (χ1) is 8.41. The lowest BCUT2D eigenvalue weighted by Crippen LogP contribution is -2.23. The first kappa shape index (κ1) is 14.8. The molecule has 0 spiro atoms. The van der Waals surface area contributed by atoms with Crippen LogP contribution in [0, 0.1) is 0 Å². The summed E-state index contributed by atoms with van der Waals surface area (Å²) in [6.45, 7) is 1.92. The van der Waals surface area contributed by atoms with Crippen molar-refractivity contribution in [1.82, 2.24) is 4.90 Å². The summed E-state index contributed by atoms with van der Waals surface area (Å²) in [6.07, 6.45) is 1.04. The number of rotatable bonds is 6. The molecule has 0 atom stereocenters. The Morgan fingerprint density at radius 1 is 1.28 bits per heavy atom. The molecular formula is C13H19ClN2O2. The van der Waals surface area contributed by atoms with Crippen molar-refractivity contribution in [3.63, 3.8) is 0 Å². The van der Waals surface area contributed by atoms with Gasteiger partial charge in [0.15, 0.2) is 0 Å². The van der Waals surface area contributed by atoms with Crippen molar-refractivity contribution in [2.24, 2.45) is 0 Å². The fourth-order valence-electron chi connectivity index (χ4n) is 1.67. The predicted octanol–water partition coefficient (Wildman–Crippen LogP) is 2.43. The Hall–Kier alpha value is -1.26. The maximum atomic E-state index is 10.8. The zero-order chi connectivity index (χ0) is 13.7. The SMILES string of the molecule is CN(C)CCCN(C)c1ccc(C(=O)O)c(Cl)c1. The predicted molar refractivity (Wildman–Crippen MR) is 74.9 cm³/mol. The monoisotopic (exact) mass is 270 g/mol. The maximum absolute atomic E-state index is 10.8.